The van der Waals surface area contributed by atoms with Gasteiger partial charge in [0.1, 0.15) is 16.7 Å². The van der Waals surface area contributed by atoms with Gasteiger partial charge in [0.15, 0.2) is 0 Å². The van der Waals surface area contributed by atoms with E-state index in [0.717, 1.165) is 43.3 Å². The first-order valence-corrected chi connectivity index (χ1v) is 7.57. The van der Waals surface area contributed by atoms with E-state index in [-0.39, 0.29) is 0 Å². The van der Waals surface area contributed by atoms with Gasteiger partial charge in [0.05, 0.1) is 23.3 Å². The summed E-state index contributed by atoms with van der Waals surface area (Å²) in [4.78, 5) is 7.09. The lowest BCUT2D eigenvalue weighted by Gasteiger charge is -2.26. The second kappa shape index (κ2) is 4.64. The van der Waals surface area contributed by atoms with Crippen molar-refractivity contribution < 1.29 is 0 Å². The topological polar surface area (TPSA) is 46.8 Å². The van der Waals surface area contributed by atoms with Gasteiger partial charge in [-0.1, -0.05) is 12.1 Å². The standard InChI is InChI=1S/C14H15N5S/c1-10-16-17-13-8-18(6-7-19(10)13)9-14-15-11-4-2-3-5-12(11)20-14/h2-5H,6-9H2,1H3. The molecule has 0 radical (unpaired) electrons. The van der Waals surface area contributed by atoms with Crippen LogP contribution in [0, 0.1) is 6.92 Å². The Morgan fingerprint density at radius 2 is 2.10 bits per heavy atom. The van der Waals surface area contributed by atoms with E-state index in [1.54, 1.807) is 11.3 Å². The molecule has 1 aromatic carbocycles. The van der Waals surface area contributed by atoms with E-state index < -0.39 is 0 Å². The van der Waals surface area contributed by atoms with Gasteiger partial charge < -0.3 is 4.57 Å². The van der Waals surface area contributed by atoms with Gasteiger partial charge in [0.2, 0.25) is 0 Å². The summed E-state index contributed by atoms with van der Waals surface area (Å²) in [5.41, 5.74) is 1.10. The molecule has 1 aliphatic heterocycles. The predicted octanol–water partition coefficient (Wildman–Crippen LogP) is 2.21. The summed E-state index contributed by atoms with van der Waals surface area (Å²) in [6.07, 6.45) is 0. The fourth-order valence-electron chi connectivity index (χ4n) is 2.67. The number of fused-ring (bicyclic) bond motifs is 2. The van der Waals surface area contributed by atoms with Crippen LogP contribution in [-0.2, 0) is 19.6 Å². The molecule has 5 nitrogen and oxygen atoms in total. The molecule has 0 N–H and O–H groups in total. The highest BCUT2D eigenvalue weighted by Crippen LogP contribution is 2.23. The van der Waals surface area contributed by atoms with Crippen molar-refractivity contribution in [1.82, 2.24) is 24.6 Å². The molecular weight excluding hydrogens is 270 g/mol. The maximum atomic E-state index is 4.70. The van der Waals surface area contributed by atoms with Gasteiger partial charge >= 0.3 is 0 Å². The summed E-state index contributed by atoms with van der Waals surface area (Å²) < 4.78 is 3.47. The molecule has 3 heterocycles. The third-order valence-electron chi connectivity index (χ3n) is 3.71. The van der Waals surface area contributed by atoms with Crippen LogP contribution in [0.15, 0.2) is 24.3 Å². The van der Waals surface area contributed by atoms with Crippen molar-refractivity contribution in [1.29, 1.82) is 0 Å². The maximum Gasteiger partial charge on any atom is 0.147 e. The fourth-order valence-corrected chi connectivity index (χ4v) is 3.68. The Balaban J connectivity index is 1.55. The molecule has 102 valence electrons. The average Bonchev–Trinajstić information content (AvgIpc) is 3.02. The van der Waals surface area contributed by atoms with E-state index in [2.05, 4.69) is 37.9 Å². The van der Waals surface area contributed by atoms with Crippen LogP contribution in [0.2, 0.25) is 0 Å². The highest BCUT2D eigenvalue weighted by atomic mass is 32.1. The third kappa shape index (κ3) is 2.01. The minimum atomic E-state index is 0.858. The quantitative estimate of drug-likeness (QED) is 0.724. The number of hydrogen-bond donors (Lipinski definition) is 0. The van der Waals surface area contributed by atoms with Gasteiger partial charge in [-0.3, -0.25) is 4.90 Å². The van der Waals surface area contributed by atoms with Crippen LogP contribution in [0.5, 0.6) is 0 Å². The molecule has 0 saturated carbocycles. The Labute approximate surface area is 120 Å². The molecular formula is C14H15N5S. The van der Waals surface area contributed by atoms with E-state index in [0.29, 0.717) is 0 Å². The monoisotopic (exact) mass is 285 g/mol. The second-order valence-electron chi connectivity index (χ2n) is 5.10. The summed E-state index contributed by atoms with van der Waals surface area (Å²) in [5, 5.41) is 9.57. The van der Waals surface area contributed by atoms with Crippen molar-refractivity contribution in [3.8, 4) is 0 Å². The lowest BCUT2D eigenvalue weighted by Crippen LogP contribution is -2.33. The van der Waals surface area contributed by atoms with E-state index in [1.165, 1.54) is 9.71 Å². The summed E-state index contributed by atoms with van der Waals surface area (Å²) >= 11 is 1.78. The van der Waals surface area contributed by atoms with Gasteiger partial charge in [0, 0.05) is 13.1 Å². The molecule has 4 rings (SSSR count). The van der Waals surface area contributed by atoms with Gasteiger partial charge in [-0.25, -0.2) is 4.98 Å². The molecule has 0 spiro atoms. The first kappa shape index (κ1) is 12.0. The van der Waals surface area contributed by atoms with E-state index in [1.807, 2.05) is 13.0 Å². The largest absolute Gasteiger partial charge is 0.313 e. The van der Waals surface area contributed by atoms with Gasteiger partial charge in [-0.2, -0.15) is 0 Å². The summed E-state index contributed by atoms with van der Waals surface area (Å²) in [6.45, 7) is 5.77. The van der Waals surface area contributed by atoms with Crippen LogP contribution in [0.3, 0.4) is 0 Å². The number of aromatic nitrogens is 4. The molecule has 0 amide bonds. The van der Waals surface area contributed by atoms with Crippen LogP contribution >= 0.6 is 11.3 Å². The molecule has 0 bridgehead atoms. The molecule has 0 fully saturated rings. The number of nitrogens with zero attached hydrogens (tertiary/aromatic N) is 5. The first-order chi connectivity index (χ1) is 9.79. The summed E-state index contributed by atoms with van der Waals surface area (Å²) in [5.74, 6) is 2.08. The Kier molecular flexibility index (Phi) is 2.78. The number of thiazole rings is 1. The Bertz CT molecular complexity index is 727. The normalized spacial score (nSPS) is 15.7. The number of para-hydroxylation sites is 1. The molecule has 2 aromatic heterocycles. The molecule has 0 atom stereocenters. The van der Waals surface area contributed by atoms with Crippen molar-refractivity contribution in [2.24, 2.45) is 0 Å². The second-order valence-corrected chi connectivity index (χ2v) is 6.22. The van der Waals surface area contributed by atoms with Crippen molar-refractivity contribution in [2.45, 2.75) is 26.6 Å². The highest BCUT2D eigenvalue weighted by molar-refractivity contribution is 7.18. The highest BCUT2D eigenvalue weighted by Gasteiger charge is 2.20. The minimum Gasteiger partial charge on any atom is -0.313 e. The van der Waals surface area contributed by atoms with Crippen LogP contribution < -0.4 is 0 Å². The van der Waals surface area contributed by atoms with Gasteiger partial charge in [0.25, 0.3) is 0 Å². The van der Waals surface area contributed by atoms with E-state index >= 15 is 0 Å². The molecule has 1 aliphatic rings. The lowest BCUT2D eigenvalue weighted by molar-refractivity contribution is 0.207. The van der Waals surface area contributed by atoms with Crippen LogP contribution in [0.1, 0.15) is 16.7 Å². The minimum absolute atomic E-state index is 0.858. The van der Waals surface area contributed by atoms with E-state index in [9.17, 15) is 0 Å². The summed E-state index contributed by atoms with van der Waals surface area (Å²) in [7, 11) is 0. The van der Waals surface area contributed by atoms with Gasteiger partial charge in [-0.05, 0) is 19.1 Å². The fraction of sp³-hybridized carbons (Fsp3) is 0.357. The Morgan fingerprint density at radius 1 is 1.20 bits per heavy atom. The van der Waals surface area contributed by atoms with Gasteiger partial charge in [-0.15, -0.1) is 21.5 Å². The van der Waals surface area contributed by atoms with Crippen LogP contribution in [0.25, 0.3) is 10.2 Å². The predicted molar refractivity (Wildman–Crippen MR) is 78.5 cm³/mol. The molecule has 0 aliphatic carbocycles. The Morgan fingerprint density at radius 3 is 3.00 bits per heavy atom. The first-order valence-electron chi connectivity index (χ1n) is 6.75. The number of rotatable bonds is 2. The molecule has 20 heavy (non-hydrogen) atoms. The molecule has 0 saturated heterocycles. The van der Waals surface area contributed by atoms with Crippen molar-refractivity contribution in [3.63, 3.8) is 0 Å². The lowest BCUT2D eigenvalue weighted by atomic mass is 10.3. The zero-order valence-electron chi connectivity index (χ0n) is 11.3. The molecule has 3 aromatic rings. The number of aryl methyl sites for hydroxylation is 1. The maximum absolute atomic E-state index is 4.70. The average molecular weight is 285 g/mol. The SMILES string of the molecule is Cc1nnc2n1CCN(Cc1nc3ccccc3s1)C2. The smallest absolute Gasteiger partial charge is 0.147 e. The number of hydrogen-bond acceptors (Lipinski definition) is 5. The van der Waals surface area contributed by atoms with E-state index in [4.69, 9.17) is 4.98 Å². The molecule has 0 unspecified atom stereocenters. The Hall–Kier alpha value is -1.79. The molecule has 6 heteroatoms. The zero-order valence-corrected chi connectivity index (χ0v) is 12.1. The summed E-state index contributed by atoms with van der Waals surface area (Å²) in [6, 6.07) is 8.31. The van der Waals surface area contributed by atoms with Crippen molar-refractivity contribution in [3.05, 3.63) is 40.9 Å². The van der Waals surface area contributed by atoms with Crippen LogP contribution in [-0.4, -0.2) is 31.2 Å². The zero-order chi connectivity index (χ0) is 13.5. The van der Waals surface area contributed by atoms with Crippen molar-refractivity contribution in [2.75, 3.05) is 6.54 Å². The number of benzene rings is 1. The van der Waals surface area contributed by atoms with Crippen LogP contribution in [0.4, 0.5) is 0 Å². The third-order valence-corrected chi connectivity index (χ3v) is 4.74. The van der Waals surface area contributed by atoms with Crippen molar-refractivity contribution >= 4 is 21.6 Å².